The average Bonchev–Trinajstić information content (AvgIpc) is 2.92. The zero-order chi connectivity index (χ0) is 14.5. The molecule has 4 heteroatoms. The van der Waals surface area contributed by atoms with Crippen molar-refractivity contribution in [3.8, 4) is 5.75 Å². The Bertz CT molecular complexity index is 567. The maximum absolute atomic E-state index is 13.7. The molecule has 2 rings (SSSR count). The maximum Gasteiger partial charge on any atom is 0.165 e. The maximum atomic E-state index is 13.7. The van der Waals surface area contributed by atoms with Crippen molar-refractivity contribution in [3.05, 3.63) is 51.5 Å². The smallest absolute Gasteiger partial charge is 0.165 e. The first-order valence-corrected chi connectivity index (χ1v) is 7.60. The zero-order valence-electron chi connectivity index (χ0n) is 12.1. The third-order valence-electron chi connectivity index (χ3n) is 3.32. The van der Waals surface area contributed by atoms with Crippen LogP contribution < -0.4 is 10.1 Å². The van der Waals surface area contributed by atoms with E-state index in [1.165, 1.54) is 22.9 Å². The molecule has 2 aromatic rings. The SMILES string of the molecule is CCc1ccc(CNC(C)c2ccc(OC)c(F)c2)s1. The molecule has 1 N–H and O–H groups in total. The standard InChI is InChI=1S/C16H20FNOS/c1-4-13-6-7-14(20-13)10-18-11(2)12-5-8-16(19-3)15(17)9-12/h5-9,11,18H,4,10H2,1-3H3. The zero-order valence-corrected chi connectivity index (χ0v) is 12.9. The summed E-state index contributed by atoms with van der Waals surface area (Å²) in [6.07, 6.45) is 1.07. The molecule has 108 valence electrons. The molecule has 0 spiro atoms. The van der Waals surface area contributed by atoms with Gasteiger partial charge in [0.2, 0.25) is 0 Å². The van der Waals surface area contributed by atoms with Crippen molar-refractivity contribution in [1.82, 2.24) is 5.32 Å². The summed E-state index contributed by atoms with van der Waals surface area (Å²) in [6.45, 7) is 5.00. The van der Waals surface area contributed by atoms with Crippen molar-refractivity contribution in [2.75, 3.05) is 7.11 Å². The van der Waals surface area contributed by atoms with Crippen LogP contribution in [0.25, 0.3) is 0 Å². The fourth-order valence-electron chi connectivity index (χ4n) is 2.03. The molecule has 2 nitrogen and oxygen atoms in total. The second-order valence-electron chi connectivity index (χ2n) is 4.72. The number of halogens is 1. The molecule has 0 fully saturated rings. The predicted molar refractivity (Wildman–Crippen MR) is 81.9 cm³/mol. The lowest BCUT2D eigenvalue weighted by Crippen LogP contribution is -2.17. The third-order valence-corrected chi connectivity index (χ3v) is 4.55. The largest absolute Gasteiger partial charge is 0.494 e. The van der Waals surface area contributed by atoms with E-state index in [1.807, 2.05) is 24.3 Å². The van der Waals surface area contributed by atoms with Crippen LogP contribution in [-0.4, -0.2) is 7.11 Å². The van der Waals surface area contributed by atoms with Gasteiger partial charge in [-0.05, 0) is 43.2 Å². The number of hydrogen-bond acceptors (Lipinski definition) is 3. The second-order valence-corrected chi connectivity index (χ2v) is 5.97. The van der Waals surface area contributed by atoms with Crippen molar-refractivity contribution < 1.29 is 9.13 Å². The molecular weight excluding hydrogens is 273 g/mol. The summed E-state index contributed by atoms with van der Waals surface area (Å²) in [5.74, 6) is -0.0326. The molecule has 0 radical (unpaired) electrons. The van der Waals surface area contributed by atoms with Gasteiger partial charge in [-0.15, -0.1) is 11.3 Å². The van der Waals surface area contributed by atoms with Crippen LogP contribution in [0, 0.1) is 5.82 Å². The van der Waals surface area contributed by atoms with E-state index in [2.05, 4.69) is 24.4 Å². The van der Waals surface area contributed by atoms with E-state index < -0.39 is 0 Å². The number of nitrogens with one attached hydrogen (secondary N) is 1. The minimum absolute atomic E-state index is 0.0996. The first-order chi connectivity index (χ1) is 9.63. The van der Waals surface area contributed by atoms with Crippen LogP contribution in [0.2, 0.25) is 0 Å². The van der Waals surface area contributed by atoms with Crippen LogP contribution >= 0.6 is 11.3 Å². The number of benzene rings is 1. The van der Waals surface area contributed by atoms with Gasteiger partial charge in [-0.25, -0.2) is 4.39 Å². The normalized spacial score (nSPS) is 12.4. The predicted octanol–water partition coefficient (Wildman–Crippen LogP) is 4.31. The molecule has 1 heterocycles. The van der Waals surface area contributed by atoms with Gasteiger partial charge in [-0.3, -0.25) is 0 Å². The Morgan fingerprint density at radius 3 is 2.60 bits per heavy atom. The molecule has 1 aromatic carbocycles. The fraction of sp³-hybridized carbons (Fsp3) is 0.375. The molecule has 0 saturated carbocycles. The van der Waals surface area contributed by atoms with E-state index in [0.717, 1.165) is 18.5 Å². The Balaban J connectivity index is 1.97. The van der Waals surface area contributed by atoms with Gasteiger partial charge >= 0.3 is 0 Å². The molecule has 1 aromatic heterocycles. The number of rotatable bonds is 6. The highest BCUT2D eigenvalue weighted by Gasteiger charge is 2.09. The summed E-state index contributed by atoms with van der Waals surface area (Å²) in [4.78, 5) is 2.70. The highest BCUT2D eigenvalue weighted by atomic mass is 32.1. The van der Waals surface area contributed by atoms with E-state index in [9.17, 15) is 4.39 Å². The minimum atomic E-state index is -0.317. The van der Waals surface area contributed by atoms with Crippen LogP contribution in [0.5, 0.6) is 5.75 Å². The summed E-state index contributed by atoms with van der Waals surface area (Å²) in [5, 5.41) is 3.42. The number of thiophene rings is 1. The lowest BCUT2D eigenvalue weighted by atomic mass is 10.1. The molecule has 0 amide bonds. The van der Waals surface area contributed by atoms with Gasteiger partial charge in [0.15, 0.2) is 11.6 Å². The second kappa shape index (κ2) is 6.86. The summed E-state index contributed by atoms with van der Waals surface area (Å²) in [7, 11) is 1.47. The number of hydrogen-bond donors (Lipinski definition) is 1. The van der Waals surface area contributed by atoms with Gasteiger partial charge in [0.1, 0.15) is 0 Å². The molecule has 0 aliphatic heterocycles. The van der Waals surface area contributed by atoms with Crippen molar-refractivity contribution in [1.29, 1.82) is 0 Å². The fourth-order valence-corrected chi connectivity index (χ4v) is 2.94. The monoisotopic (exact) mass is 293 g/mol. The lowest BCUT2D eigenvalue weighted by Gasteiger charge is -2.14. The average molecular weight is 293 g/mol. The van der Waals surface area contributed by atoms with Crippen LogP contribution in [0.1, 0.15) is 35.2 Å². The number of methoxy groups -OCH3 is 1. The summed E-state index contributed by atoms with van der Waals surface area (Å²) >= 11 is 1.82. The third kappa shape index (κ3) is 3.58. The van der Waals surface area contributed by atoms with Gasteiger partial charge in [-0.2, -0.15) is 0 Å². The van der Waals surface area contributed by atoms with E-state index in [0.29, 0.717) is 0 Å². The Kier molecular flexibility index (Phi) is 5.15. The quantitative estimate of drug-likeness (QED) is 0.857. The summed E-state index contributed by atoms with van der Waals surface area (Å²) in [5.41, 5.74) is 0.926. The molecule has 1 atom stereocenters. The van der Waals surface area contributed by atoms with E-state index in [4.69, 9.17) is 4.74 Å². The molecule has 0 aliphatic rings. The number of aryl methyl sites for hydroxylation is 1. The van der Waals surface area contributed by atoms with Crippen LogP contribution in [-0.2, 0) is 13.0 Å². The van der Waals surface area contributed by atoms with Gasteiger partial charge in [0, 0.05) is 22.3 Å². The van der Waals surface area contributed by atoms with Crippen molar-refractivity contribution in [2.24, 2.45) is 0 Å². The van der Waals surface area contributed by atoms with E-state index in [1.54, 1.807) is 6.07 Å². The van der Waals surface area contributed by atoms with Gasteiger partial charge in [-0.1, -0.05) is 13.0 Å². The summed E-state index contributed by atoms with van der Waals surface area (Å²) in [6, 6.07) is 9.51. The topological polar surface area (TPSA) is 21.3 Å². The number of ether oxygens (including phenoxy) is 1. The Hall–Kier alpha value is -1.39. The summed E-state index contributed by atoms with van der Waals surface area (Å²) < 4.78 is 18.6. The first kappa shape index (κ1) is 15.0. The Morgan fingerprint density at radius 1 is 1.25 bits per heavy atom. The van der Waals surface area contributed by atoms with Crippen molar-refractivity contribution >= 4 is 11.3 Å². The van der Waals surface area contributed by atoms with Crippen LogP contribution in [0.15, 0.2) is 30.3 Å². The van der Waals surface area contributed by atoms with E-state index >= 15 is 0 Å². The molecule has 0 aliphatic carbocycles. The van der Waals surface area contributed by atoms with Gasteiger partial charge < -0.3 is 10.1 Å². The molecule has 1 unspecified atom stereocenters. The van der Waals surface area contributed by atoms with Gasteiger partial charge in [0.05, 0.1) is 7.11 Å². The Morgan fingerprint density at radius 2 is 2.00 bits per heavy atom. The molecule has 20 heavy (non-hydrogen) atoms. The Labute approximate surface area is 123 Å². The van der Waals surface area contributed by atoms with E-state index in [-0.39, 0.29) is 17.6 Å². The minimum Gasteiger partial charge on any atom is -0.494 e. The highest BCUT2D eigenvalue weighted by Crippen LogP contribution is 2.23. The lowest BCUT2D eigenvalue weighted by molar-refractivity contribution is 0.385. The molecular formula is C16H20FNOS. The van der Waals surface area contributed by atoms with Crippen molar-refractivity contribution in [3.63, 3.8) is 0 Å². The van der Waals surface area contributed by atoms with Crippen LogP contribution in [0.3, 0.4) is 0 Å². The molecule has 0 saturated heterocycles. The van der Waals surface area contributed by atoms with Crippen molar-refractivity contribution in [2.45, 2.75) is 32.9 Å². The highest BCUT2D eigenvalue weighted by molar-refractivity contribution is 7.11. The van der Waals surface area contributed by atoms with Gasteiger partial charge in [0.25, 0.3) is 0 Å². The van der Waals surface area contributed by atoms with Crippen LogP contribution in [0.4, 0.5) is 4.39 Å². The first-order valence-electron chi connectivity index (χ1n) is 6.78. The molecule has 0 bridgehead atoms.